The number of aliphatic carboxylic acids is 1. The van der Waals surface area contributed by atoms with Crippen LogP contribution in [0.25, 0.3) is 0 Å². The number of carboxylic acid groups (broad SMARTS) is 1. The van der Waals surface area contributed by atoms with Gasteiger partial charge >= 0.3 is 5.97 Å². The molecule has 1 rings (SSSR count). The Balaban J connectivity index is 2.25. The lowest BCUT2D eigenvalue weighted by molar-refractivity contribution is -0.137. The molecule has 0 radical (unpaired) electrons. The van der Waals surface area contributed by atoms with Gasteiger partial charge in [0.2, 0.25) is 5.91 Å². The van der Waals surface area contributed by atoms with Crippen LogP contribution in [-0.4, -0.2) is 17.0 Å². The first-order valence-corrected chi connectivity index (χ1v) is 6.06. The monoisotopic (exact) mass is 253 g/mol. The third-order valence-electron chi connectivity index (χ3n) is 2.61. The van der Waals surface area contributed by atoms with E-state index in [9.17, 15) is 9.59 Å². The number of aryl methyl sites for hydroxylation is 1. The molecule has 1 amide bonds. The van der Waals surface area contributed by atoms with Gasteiger partial charge in [0.25, 0.3) is 0 Å². The van der Waals surface area contributed by atoms with Crippen LogP contribution >= 0.6 is 0 Å². The molecule has 0 aromatic carbocycles. The van der Waals surface area contributed by atoms with Crippen molar-refractivity contribution in [1.82, 2.24) is 5.32 Å². The largest absolute Gasteiger partial charge is 0.481 e. The van der Waals surface area contributed by atoms with Crippen LogP contribution in [0.15, 0.2) is 16.5 Å². The summed E-state index contributed by atoms with van der Waals surface area (Å²) in [6.07, 6.45) is 1.57. The maximum absolute atomic E-state index is 11.6. The third-order valence-corrected chi connectivity index (χ3v) is 2.61. The van der Waals surface area contributed by atoms with Gasteiger partial charge in [-0.1, -0.05) is 0 Å². The number of unbranched alkanes of at least 4 members (excludes halogenated alkanes) is 1. The van der Waals surface area contributed by atoms with Crippen molar-refractivity contribution in [2.45, 2.75) is 45.6 Å². The predicted octanol–water partition coefficient (Wildman–Crippen LogP) is 2.41. The Labute approximate surface area is 106 Å². The first-order chi connectivity index (χ1) is 8.49. The summed E-state index contributed by atoms with van der Waals surface area (Å²) in [6, 6.07) is 3.53. The molecule has 2 N–H and O–H groups in total. The fourth-order valence-corrected chi connectivity index (χ4v) is 1.63. The van der Waals surface area contributed by atoms with E-state index < -0.39 is 5.97 Å². The van der Waals surface area contributed by atoms with Gasteiger partial charge in [-0.3, -0.25) is 9.59 Å². The molecule has 0 saturated carbocycles. The Kier molecular flexibility index (Phi) is 5.42. The maximum atomic E-state index is 11.6. The number of carbonyl (C=O) groups excluding carboxylic acids is 1. The van der Waals surface area contributed by atoms with Crippen molar-refractivity contribution >= 4 is 11.9 Å². The van der Waals surface area contributed by atoms with E-state index in [4.69, 9.17) is 9.52 Å². The van der Waals surface area contributed by atoms with Crippen LogP contribution < -0.4 is 5.32 Å². The average molecular weight is 253 g/mol. The Morgan fingerprint density at radius 2 is 2.00 bits per heavy atom. The van der Waals surface area contributed by atoms with Crippen molar-refractivity contribution in [3.8, 4) is 0 Å². The highest BCUT2D eigenvalue weighted by molar-refractivity contribution is 5.76. The molecular weight excluding hydrogens is 234 g/mol. The number of hydrogen-bond acceptors (Lipinski definition) is 3. The number of hydrogen-bond donors (Lipinski definition) is 2. The number of rotatable bonds is 7. The summed E-state index contributed by atoms with van der Waals surface area (Å²) in [6.45, 7) is 3.71. The highest BCUT2D eigenvalue weighted by Crippen LogP contribution is 2.15. The lowest BCUT2D eigenvalue weighted by Gasteiger charge is -2.11. The van der Waals surface area contributed by atoms with Gasteiger partial charge in [0.05, 0.1) is 6.04 Å². The Bertz CT molecular complexity index is 411. The van der Waals surface area contributed by atoms with E-state index in [1.807, 2.05) is 26.0 Å². The minimum absolute atomic E-state index is 0.0815. The summed E-state index contributed by atoms with van der Waals surface area (Å²) in [5.74, 6) is 0.635. The van der Waals surface area contributed by atoms with Gasteiger partial charge in [-0.25, -0.2) is 0 Å². The zero-order chi connectivity index (χ0) is 13.5. The number of carboxylic acids is 1. The van der Waals surface area contributed by atoms with E-state index in [0.717, 1.165) is 11.5 Å². The summed E-state index contributed by atoms with van der Waals surface area (Å²) in [5.41, 5.74) is 0. The molecule has 5 heteroatoms. The van der Waals surface area contributed by atoms with Gasteiger partial charge in [-0.05, 0) is 38.8 Å². The molecule has 1 aromatic heterocycles. The van der Waals surface area contributed by atoms with E-state index in [1.54, 1.807) is 0 Å². The van der Waals surface area contributed by atoms with Gasteiger partial charge < -0.3 is 14.8 Å². The van der Waals surface area contributed by atoms with Crippen molar-refractivity contribution in [2.24, 2.45) is 0 Å². The minimum Gasteiger partial charge on any atom is -0.481 e. The van der Waals surface area contributed by atoms with Gasteiger partial charge in [0.15, 0.2) is 0 Å². The van der Waals surface area contributed by atoms with Gasteiger partial charge in [0.1, 0.15) is 11.5 Å². The smallest absolute Gasteiger partial charge is 0.303 e. The number of amides is 1. The molecule has 0 aliphatic carbocycles. The van der Waals surface area contributed by atoms with Crippen LogP contribution in [0.5, 0.6) is 0 Å². The van der Waals surface area contributed by atoms with Crippen molar-refractivity contribution < 1.29 is 19.1 Å². The van der Waals surface area contributed by atoms with Crippen molar-refractivity contribution in [1.29, 1.82) is 0 Å². The van der Waals surface area contributed by atoms with E-state index >= 15 is 0 Å². The lowest BCUT2D eigenvalue weighted by Crippen LogP contribution is -2.26. The third kappa shape index (κ3) is 5.03. The average Bonchev–Trinajstić information content (AvgIpc) is 2.71. The van der Waals surface area contributed by atoms with Crippen molar-refractivity contribution in [3.05, 3.63) is 23.7 Å². The fraction of sp³-hybridized carbons (Fsp3) is 0.538. The van der Waals surface area contributed by atoms with E-state index in [-0.39, 0.29) is 18.4 Å². The zero-order valence-corrected chi connectivity index (χ0v) is 10.7. The van der Waals surface area contributed by atoms with Crippen LogP contribution in [0, 0.1) is 6.92 Å². The van der Waals surface area contributed by atoms with Gasteiger partial charge in [-0.2, -0.15) is 0 Å². The van der Waals surface area contributed by atoms with Crippen LogP contribution in [0.2, 0.25) is 0 Å². The minimum atomic E-state index is -0.824. The molecule has 0 aliphatic rings. The molecule has 18 heavy (non-hydrogen) atoms. The molecule has 1 atom stereocenters. The number of nitrogens with one attached hydrogen (secondary N) is 1. The molecule has 0 saturated heterocycles. The van der Waals surface area contributed by atoms with Gasteiger partial charge in [0, 0.05) is 12.8 Å². The van der Waals surface area contributed by atoms with Crippen LogP contribution in [0.3, 0.4) is 0 Å². The molecule has 0 fully saturated rings. The molecule has 1 heterocycles. The van der Waals surface area contributed by atoms with Crippen molar-refractivity contribution in [2.75, 3.05) is 0 Å². The second-order valence-electron chi connectivity index (χ2n) is 4.34. The second-order valence-corrected chi connectivity index (χ2v) is 4.34. The highest BCUT2D eigenvalue weighted by Gasteiger charge is 2.12. The second kappa shape index (κ2) is 6.83. The molecule has 1 unspecified atom stereocenters. The summed E-state index contributed by atoms with van der Waals surface area (Å²) in [7, 11) is 0. The molecule has 5 nitrogen and oxygen atoms in total. The lowest BCUT2D eigenvalue weighted by atomic mass is 10.1. The van der Waals surface area contributed by atoms with Crippen LogP contribution in [0.4, 0.5) is 0 Å². The zero-order valence-electron chi connectivity index (χ0n) is 10.7. The van der Waals surface area contributed by atoms with Crippen molar-refractivity contribution in [3.63, 3.8) is 0 Å². The Morgan fingerprint density at radius 3 is 2.56 bits per heavy atom. The predicted molar refractivity (Wildman–Crippen MR) is 66.1 cm³/mol. The SMILES string of the molecule is Cc1ccc(C(C)NC(=O)CCCCC(=O)O)o1. The molecular formula is C13H19NO4. The van der Waals surface area contributed by atoms with Crippen LogP contribution in [-0.2, 0) is 9.59 Å². The fourth-order valence-electron chi connectivity index (χ4n) is 1.63. The quantitative estimate of drug-likeness (QED) is 0.731. The van der Waals surface area contributed by atoms with E-state index in [2.05, 4.69) is 5.32 Å². The number of carbonyl (C=O) groups is 2. The number of furan rings is 1. The normalized spacial score (nSPS) is 12.1. The molecule has 0 aliphatic heterocycles. The summed E-state index contributed by atoms with van der Waals surface area (Å²) in [5, 5.41) is 11.3. The molecule has 100 valence electrons. The first kappa shape index (κ1) is 14.3. The van der Waals surface area contributed by atoms with Crippen LogP contribution in [0.1, 0.15) is 50.2 Å². The van der Waals surface area contributed by atoms with E-state index in [1.165, 1.54) is 0 Å². The highest BCUT2D eigenvalue weighted by atomic mass is 16.4. The standard InChI is InChI=1S/C13H19NO4/c1-9-7-8-11(18-9)10(2)14-12(15)5-3-4-6-13(16)17/h7-8,10H,3-6H2,1-2H3,(H,14,15)(H,16,17). The summed E-state index contributed by atoms with van der Waals surface area (Å²) < 4.78 is 5.41. The first-order valence-electron chi connectivity index (χ1n) is 6.06. The van der Waals surface area contributed by atoms with E-state index in [0.29, 0.717) is 19.3 Å². The van der Waals surface area contributed by atoms with Gasteiger partial charge in [-0.15, -0.1) is 0 Å². The molecule has 0 bridgehead atoms. The Morgan fingerprint density at radius 1 is 1.33 bits per heavy atom. The maximum Gasteiger partial charge on any atom is 0.303 e. The summed E-state index contributed by atoms with van der Waals surface area (Å²) in [4.78, 5) is 21.9. The molecule has 0 spiro atoms. The Hall–Kier alpha value is -1.78. The summed E-state index contributed by atoms with van der Waals surface area (Å²) >= 11 is 0. The topological polar surface area (TPSA) is 79.5 Å². The molecule has 1 aromatic rings.